The maximum absolute atomic E-state index is 12.2. The molecule has 2 heterocycles. The summed E-state index contributed by atoms with van der Waals surface area (Å²) in [5, 5.41) is 6.89. The summed E-state index contributed by atoms with van der Waals surface area (Å²) >= 11 is 0. The number of rotatable bonds is 5. The number of benzene rings is 1. The van der Waals surface area contributed by atoms with Crippen LogP contribution < -0.4 is 10.6 Å². The van der Waals surface area contributed by atoms with Crippen LogP contribution in [-0.4, -0.2) is 26.9 Å². The smallest absolute Gasteiger partial charge is 0.242 e. The Labute approximate surface area is 134 Å². The molecule has 1 aromatic carbocycles. The number of carbonyl (C=O) groups excluding carboxylic acids is 1. The van der Waals surface area contributed by atoms with E-state index in [0.29, 0.717) is 12.4 Å². The molecule has 6 heteroatoms. The predicted octanol–water partition coefficient (Wildman–Crippen LogP) is 2.14. The quantitative estimate of drug-likeness (QED) is 0.755. The van der Waals surface area contributed by atoms with E-state index in [4.69, 9.17) is 0 Å². The minimum absolute atomic E-state index is 0.113. The normalized spacial score (nSPS) is 11.9. The third-order valence-electron chi connectivity index (χ3n) is 3.46. The number of amides is 1. The van der Waals surface area contributed by atoms with E-state index in [2.05, 4.69) is 25.6 Å². The molecular weight excluding hydrogens is 290 g/mol. The van der Waals surface area contributed by atoms with Gasteiger partial charge in [-0.3, -0.25) is 9.78 Å². The molecule has 0 aliphatic carbocycles. The van der Waals surface area contributed by atoms with Crippen LogP contribution in [0.15, 0.2) is 55.0 Å². The molecule has 0 fully saturated rings. The van der Waals surface area contributed by atoms with Crippen LogP contribution in [0.4, 0.5) is 5.82 Å². The highest BCUT2D eigenvalue weighted by Gasteiger charge is 2.14. The summed E-state index contributed by atoms with van der Waals surface area (Å²) in [5.74, 6) is 0.537. The second-order valence-corrected chi connectivity index (χ2v) is 5.14. The van der Waals surface area contributed by atoms with Crippen LogP contribution in [0.25, 0.3) is 10.9 Å². The zero-order chi connectivity index (χ0) is 16.1. The summed E-state index contributed by atoms with van der Waals surface area (Å²) in [6, 6.07) is 12.9. The molecule has 2 N–H and O–H groups in total. The Balaban J connectivity index is 1.66. The number of pyridine rings is 1. The van der Waals surface area contributed by atoms with E-state index in [1.165, 1.54) is 6.33 Å². The summed E-state index contributed by atoms with van der Waals surface area (Å²) in [6.45, 7) is 2.20. The van der Waals surface area contributed by atoms with Crippen molar-refractivity contribution in [2.45, 2.75) is 19.5 Å². The molecule has 116 valence electrons. The summed E-state index contributed by atoms with van der Waals surface area (Å²) in [6.07, 6.45) is 3.19. The Morgan fingerprint density at radius 3 is 2.74 bits per heavy atom. The average Bonchev–Trinajstić information content (AvgIpc) is 2.61. The fourth-order valence-corrected chi connectivity index (χ4v) is 2.22. The molecule has 0 saturated heterocycles. The van der Waals surface area contributed by atoms with E-state index in [9.17, 15) is 4.79 Å². The fraction of sp³-hybridized carbons (Fsp3) is 0.176. The second kappa shape index (κ2) is 6.83. The molecule has 1 atom stereocenters. The van der Waals surface area contributed by atoms with E-state index in [0.717, 1.165) is 16.6 Å². The van der Waals surface area contributed by atoms with Crippen molar-refractivity contribution in [2.75, 3.05) is 5.32 Å². The number of para-hydroxylation sites is 1. The maximum atomic E-state index is 12.2. The zero-order valence-electron chi connectivity index (χ0n) is 12.7. The van der Waals surface area contributed by atoms with Crippen molar-refractivity contribution in [1.82, 2.24) is 20.3 Å². The first kappa shape index (κ1) is 14.9. The van der Waals surface area contributed by atoms with Crippen LogP contribution in [0.2, 0.25) is 0 Å². The number of nitrogens with zero attached hydrogens (tertiary/aromatic N) is 3. The monoisotopic (exact) mass is 307 g/mol. The number of fused-ring (bicyclic) bond motifs is 1. The van der Waals surface area contributed by atoms with Gasteiger partial charge in [-0.25, -0.2) is 9.97 Å². The van der Waals surface area contributed by atoms with Gasteiger partial charge >= 0.3 is 0 Å². The SMILES string of the molecule is CC(Nc1ncnc2ccccc12)C(=O)NCc1ccccn1. The lowest BCUT2D eigenvalue weighted by Crippen LogP contribution is -2.37. The molecule has 0 saturated carbocycles. The van der Waals surface area contributed by atoms with Gasteiger partial charge in [0.25, 0.3) is 0 Å². The van der Waals surface area contributed by atoms with E-state index in [1.807, 2.05) is 42.5 Å². The maximum Gasteiger partial charge on any atom is 0.242 e. The Hall–Kier alpha value is -3.02. The highest BCUT2D eigenvalue weighted by molar-refractivity contribution is 5.91. The molecule has 1 unspecified atom stereocenters. The molecule has 23 heavy (non-hydrogen) atoms. The van der Waals surface area contributed by atoms with Gasteiger partial charge in [-0.1, -0.05) is 18.2 Å². The number of hydrogen-bond acceptors (Lipinski definition) is 5. The molecule has 1 amide bonds. The highest BCUT2D eigenvalue weighted by atomic mass is 16.2. The minimum atomic E-state index is -0.419. The molecular formula is C17H17N5O. The minimum Gasteiger partial charge on any atom is -0.358 e. The summed E-state index contributed by atoms with van der Waals surface area (Å²) < 4.78 is 0. The van der Waals surface area contributed by atoms with Crippen molar-refractivity contribution in [2.24, 2.45) is 0 Å². The van der Waals surface area contributed by atoms with Crippen LogP contribution in [0.3, 0.4) is 0 Å². The first-order valence-electron chi connectivity index (χ1n) is 7.38. The number of anilines is 1. The van der Waals surface area contributed by atoms with E-state index in [-0.39, 0.29) is 5.91 Å². The largest absolute Gasteiger partial charge is 0.358 e. The van der Waals surface area contributed by atoms with Crippen LogP contribution in [-0.2, 0) is 11.3 Å². The van der Waals surface area contributed by atoms with Crippen molar-refractivity contribution in [3.05, 3.63) is 60.7 Å². The average molecular weight is 307 g/mol. The van der Waals surface area contributed by atoms with Crippen molar-refractivity contribution in [1.29, 1.82) is 0 Å². The molecule has 0 radical (unpaired) electrons. The van der Waals surface area contributed by atoms with Crippen molar-refractivity contribution in [3.63, 3.8) is 0 Å². The third-order valence-corrected chi connectivity index (χ3v) is 3.46. The molecule has 2 aromatic heterocycles. The molecule has 0 aliphatic rings. The third kappa shape index (κ3) is 3.60. The van der Waals surface area contributed by atoms with Gasteiger partial charge in [-0.05, 0) is 31.2 Å². The summed E-state index contributed by atoms with van der Waals surface area (Å²) in [4.78, 5) is 24.8. The predicted molar refractivity (Wildman–Crippen MR) is 88.7 cm³/mol. The van der Waals surface area contributed by atoms with Gasteiger partial charge in [0, 0.05) is 11.6 Å². The standard InChI is InChI=1S/C17H17N5O/c1-12(17(23)19-10-13-6-4-5-9-18-13)22-16-14-7-2-3-8-15(14)20-11-21-16/h2-9,11-12H,10H2,1H3,(H,19,23)(H,20,21,22). The molecule has 0 aliphatic heterocycles. The molecule has 0 spiro atoms. The second-order valence-electron chi connectivity index (χ2n) is 5.14. The van der Waals surface area contributed by atoms with Gasteiger partial charge in [0.15, 0.2) is 0 Å². The lowest BCUT2D eigenvalue weighted by Gasteiger charge is -2.15. The molecule has 6 nitrogen and oxygen atoms in total. The lowest BCUT2D eigenvalue weighted by atomic mass is 10.2. The van der Waals surface area contributed by atoms with E-state index < -0.39 is 6.04 Å². The molecule has 3 rings (SSSR count). The van der Waals surface area contributed by atoms with Gasteiger partial charge in [0.2, 0.25) is 5.91 Å². The Kier molecular flexibility index (Phi) is 4.42. The van der Waals surface area contributed by atoms with Gasteiger partial charge in [-0.2, -0.15) is 0 Å². The number of nitrogens with one attached hydrogen (secondary N) is 2. The topological polar surface area (TPSA) is 79.8 Å². The van der Waals surface area contributed by atoms with Gasteiger partial charge in [0.1, 0.15) is 18.2 Å². The summed E-state index contributed by atoms with van der Waals surface area (Å²) in [7, 11) is 0. The highest BCUT2D eigenvalue weighted by Crippen LogP contribution is 2.18. The fourth-order valence-electron chi connectivity index (χ4n) is 2.22. The van der Waals surface area contributed by atoms with E-state index in [1.54, 1.807) is 13.1 Å². The van der Waals surface area contributed by atoms with Crippen molar-refractivity contribution >= 4 is 22.6 Å². The Bertz CT molecular complexity index is 801. The molecule has 3 aromatic rings. The zero-order valence-corrected chi connectivity index (χ0v) is 12.7. The van der Waals surface area contributed by atoms with Crippen LogP contribution in [0, 0.1) is 0 Å². The first-order chi connectivity index (χ1) is 11.2. The van der Waals surface area contributed by atoms with E-state index >= 15 is 0 Å². The Morgan fingerprint density at radius 1 is 1.09 bits per heavy atom. The molecule has 0 bridgehead atoms. The summed E-state index contributed by atoms with van der Waals surface area (Å²) in [5.41, 5.74) is 1.66. The number of aromatic nitrogens is 3. The Morgan fingerprint density at radius 2 is 1.91 bits per heavy atom. The van der Waals surface area contributed by atoms with Crippen LogP contribution in [0.5, 0.6) is 0 Å². The first-order valence-corrected chi connectivity index (χ1v) is 7.38. The van der Waals surface area contributed by atoms with Gasteiger partial charge in [-0.15, -0.1) is 0 Å². The van der Waals surface area contributed by atoms with Crippen molar-refractivity contribution < 1.29 is 4.79 Å². The number of hydrogen-bond donors (Lipinski definition) is 2. The van der Waals surface area contributed by atoms with Crippen LogP contribution >= 0.6 is 0 Å². The van der Waals surface area contributed by atoms with Gasteiger partial charge in [0.05, 0.1) is 17.8 Å². The van der Waals surface area contributed by atoms with Gasteiger partial charge < -0.3 is 10.6 Å². The van der Waals surface area contributed by atoms with Crippen LogP contribution in [0.1, 0.15) is 12.6 Å². The lowest BCUT2D eigenvalue weighted by molar-refractivity contribution is -0.121. The van der Waals surface area contributed by atoms with Crippen molar-refractivity contribution in [3.8, 4) is 0 Å². The number of carbonyl (C=O) groups is 1.